The van der Waals surface area contributed by atoms with E-state index in [1.807, 2.05) is 0 Å². The van der Waals surface area contributed by atoms with E-state index < -0.39 is 17.2 Å². The molecule has 1 aromatic heterocycles. The summed E-state index contributed by atoms with van der Waals surface area (Å²) in [5.41, 5.74) is -0.124. The monoisotopic (exact) mass is 218 g/mol. The smallest absolute Gasteiger partial charge is 0.264 e. The molecule has 0 aliphatic rings. The van der Waals surface area contributed by atoms with Crippen molar-refractivity contribution in [2.24, 2.45) is 0 Å². The molecule has 0 unspecified atom stereocenters. The van der Waals surface area contributed by atoms with Gasteiger partial charge in [0.1, 0.15) is 11.5 Å². The predicted octanol–water partition coefficient (Wildman–Crippen LogP) is 1.14. The van der Waals surface area contributed by atoms with Crippen LogP contribution in [0.3, 0.4) is 0 Å². The van der Waals surface area contributed by atoms with Crippen LogP contribution in [0, 0.1) is 5.82 Å². The molecule has 0 saturated heterocycles. The summed E-state index contributed by atoms with van der Waals surface area (Å²) in [6.45, 7) is 0. The predicted molar refractivity (Wildman–Crippen MR) is 54.7 cm³/mol. The number of aromatic nitrogens is 2. The second-order valence-electron chi connectivity index (χ2n) is 3.15. The maximum Gasteiger partial charge on any atom is 0.264 e. The van der Waals surface area contributed by atoms with Crippen molar-refractivity contribution < 1.29 is 9.18 Å². The van der Waals surface area contributed by atoms with Crippen molar-refractivity contribution in [1.82, 2.24) is 10.2 Å². The van der Waals surface area contributed by atoms with Gasteiger partial charge in [-0.2, -0.15) is 5.10 Å². The minimum Gasteiger partial charge on any atom is -0.287 e. The van der Waals surface area contributed by atoms with Crippen LogP contribution in [0.1, 0.15) is 16.1 Å². The normalized spacial score (nSPS) is 10.1. The molecule has 1 N–H and O–H groups in total. The maximum absolute atomic E-state index is 12.9. The fourth-order valence-electron chi connectivity index (χ4n) is 1.25. The van der Waals surface area contributed by atoms with Gasteiger partial charge in [-0.05, 0) is 18.2 Å². The summed E-state index contributed by atoms with van der Waals surface area (Å²) >= 11 is 0. The molecule has 0 aliphatic heterocycles. The first-order valence-corrected chi connectivity index (χ1v) is 4.53. The van der Waals surface area contributed by atoms with Crippen LogP contribution < -0.4 is 5.56 Å². The van der Waals surface area contributed by atoms with Crippen molar-refractivity contribution in [3.8, 4) is 0 Å². The van der Waals surface area contributed by atoms with Gasteiger partial charge in [0.25, 0.3) is 5.56 Å². The Morgan fingerprint density at radius 1 is 1.25 bits per heavy atom. The van der Waals surface area contributed by atoms with Crippen LogP contribution in [-0.4, -0.2) is 16.0 Å². The van der Waals surface area contributed by atoms with Crippen LogP contribution in [0.15, 0.2) is 41.2 Å². The van der Waals surface area contributed by atoms with Gasteiger partial charge < -0.3 is 0 Å². The van der Waals surface area contributed by atoms with Crippen molar-refractivity contribution in [2.75, 3.05) is 0 Å². The van der Waals surface area contributed by atoms with Crippen molar-refractivity contribution in [3.05, 3.63) is 63.8 Å². The Morgan fingerprint density at radius 2 is 2.06 bits per heavy atom. The van der Waals surface area contributed by atoms with E-state index in [0.717, 1.165) is 6.07 Å². The molecule has 2 rings (SSSR count). The zero-order chi connectivity index (χ0) is 11.5. The van der Waals surface area contributed by atoms with Crippen molar-refractivity contribution in [1.29, 1.82) is 0 Å². The highest BCUT2D eigenvalue weighted by Gasteiger charge is 2.10. The molecule has 0 spiro atoms. The fourth-order valence-corrected chi connectivity index (χ4v) is 1.25. The number of nitrogens with one attached hydrogen (secondary N) is 1. The second-order valence-corrected chi connectivity index (χ2v) is 3.15. The Hall–Kier alpha value is -2.30. The zero-order valence-corrected chi connectivity index (χ0v) is 8.11. The SMILES string of the molecule is O=C(c1cccc(F)c1)c1ccc(=O)[nH]n1. The first kappa shape index (κ1) is 10.2. The van der Waals surface area contributed by atoms with Crippen LogP contribution in [0.25, 0.3) is 0 Å². The average Bonchev–Trinajstić information content (AvgIpc) is 2.29. The minimum atomic E-state index is -0.490. The Balaban J connectivity index is 2.39. The third kappa shape index (κ3) is 2.03. The molecule has 0 saturated carbocycles. The summed E-state index contributed by atoms with van der Waals surface area (Å²) < 4.78 is 12.9. The van der Waals surface area contributed by atoms with Gasteiger partial charge >= 0.3 is 0 Å². The minimum absolute atomic E-state index is 0.0743. The van der Waals surface area contributed by atoms with Gasteiger partial charge in [-0.15, -0.1) is 0 Å². The molecule has 4 nitrogen and oxygen atoms in total. The molecule has 5 heteroatoms. The van der Waals surface area contributed by atoms with Gasteiger partial charge in [0.15, 0.2) is 0 Å². The number of carbonyl (C=O) groups is 1. The number of benzene rings is 1. The molecule has 0 amide bonds. The number of H-pyrrole nitrogens is 1. The molecule has 0 radical (unpaired) electrons. The highest BCUT2D eigenvalue weighted by atomic mass is 19.1. The van der Waals surface area contributed by atoms with E-state index in [9.17, 15) is 14.0 Å². The van der Waals surface area contributed by atoms with Crippen LogP contribution >= 0.6 is 0 Å². The van der Waals surface area contributed by atoms with Crippen molar-refractivity contribution >= 4 is 5.78 Å². The summed E-state index contributed by atoms with van der Waals surface area (Å²) in [6, 6.07) is 7.78. The van der Waals surface area contributed by atoms with Crippen molar-refractivity contribution in [2.45, 2.75) is 0 Å². The topological polar surface area (TPSA) is 62.8 Å². The Labute approximate surface area is 89.7 Å². The largest absolute Gasteiger partial charge is 0.287 e. The number of aromatic amines is 1. The molecule has 2 aromatic rings. The van der Waals surface area contributed by atoms with E-state index >= 15 is 0 Å². The lowest BCUT2D eigenvalue weighted by atomic mass is 10.1. The number of carbonyl (C=O) groups excluding carboxylic acids is 1. The second kappa shape index (κ2) is 4.06. The quantitative estimate of drug-likeness (QED) is 0.769. The highest BCUT2D eigenvalue weighted by molar-refractivity contribution is 6.07. The fraction of sp³-hybridized carbons (Fsp3) is 0. The number of nitrogens with zero attached hydrogens (tertiary/aromatic N) is 1. The zero-order valence-electron chi connectivity index (χ0n) is 8.11. The summed E-state index contributed by atoms with van der Waals surface area (Å²) in [7, 11) is 0. The summed E-state index contributed by atoms with van der Waals surface area (Å²) in [6.07, 6.45) is 0. The number of hydrogen-bond acceptors (Lipinski definition) is 3. The molecule has 0 fully saturated rings. The first-order valence-electron chi connectivity index (χ1n) is 4.53. The molecule has 1 heterocycles. The number of halogens is 1. The Bertz CT molecular complexity index is 572. The molecule has 80 valence electrons. The lowest BCUT2D eigenvalue weighted by Gasteiger charge is -1.99. The van der Waals surface area contributed by atoms with Gasteiger partial charge in [0, 0.05) is 11.6 Å². The van der Waals surface area contributed by atoms with Crippen LogP contribution in [-0.2, 0) is 0 Å². The van der Waals surface area contributed by atoms with E-state index in [1.165, 1.54) is 30.3 Å². The van der Waals surface area contributed by atoms with Crippen LogP contribution in [0.5, 0.6) is 0 Å². The Kier molecular flexibility index (Phi) is 2.59. The summed E-state index contributed by atoms with van der Waals surface area (Å²) in [5, 5.41) is 5.72. The van der Waals surface area contributed by atoms with Gasteiger partial charge in [0.2, 0.25) is 5.78 Å². The molecule has 0 aliphatic carbocycles. The van der Waals surface area contributed by atoms with Gasteiger partial charge in [0.05, 0.1) is 0 Å². The third-order valence-electron chi connectivity index (χ3n) is 2.00. The number of rotatable bonds is 2. The highest BCUT2D eigenvalue weighted by Crippen LogP contribution is 2.08. The standard InChI is InChI=1S/C11H7FN2O2/c12-8-3-1-2-7(6-8)11(16)9-4-5-10(15)14-13-9/h1-6H,(H,14,15). The van der Waals surface area contributed by atoms with E-state index in [0.29, 0.717) is 0 Å². The molecule has 0 atom stereocenters. The van der Waals surface area contributed by atoms with Crippen molar-refractivity contribution in [3.63, 3.8) is 0 Å². The first-order chi connectivity index (χ1) is 7.66. The molecular weight excluding hydrogens is 211 g/mol. The average molecular weight is 218 g/mol. The molecule has 0 bridgehead atoms. The molecule has 16 heavy (non-hydrogen) atoms. The van der Waals surface area contributed by atoms with E-state index in [1.54, 1.807) is 0 Å². The van der Waals surface area contributed by atoms with Crippen LogP contribution in [0.4, 0.5) is 4.39 Å². The molecular formula is C11H7FN2O2. The van der Waals surface area contributed by atoms with E-state index in [4.69, 9.17) is 0 Å². The van der Waals surface area contributed by atoms with Gasteiger partial charge in [-0.1, -0.05) is 12.1 Å². The van der Waals surface area contributed by atoms with Gasteiger partial charge in [-0.25, -0.2) is 9.49 Å². The third-order valence-corrected chi connectivity index (χ3v) is 2.00. The van der Waals surface area contributed by atoms with Crippen LogP contribution in [0.2, 0.25) is 0 Å². The van der Waals surface area contributed by atoms with E-state index in [2.05, 4.69) is 10.2 Å². The lowest BCUT2D eigenvalue weighted by Crippen LogP contribution is -2.12. The lowest BCUT2D eigenvalue weighted by molar-refractivity contribution is 0.103. The number of hydrogen-bond donors (Lipinski definition) is 1. The Morgan fingerprint density at radius 3 is 2.69 bits per heavy atom. The maximum atomic E-state index is 12.9. The summed E-state index contributed by atoms with van der Waals surface area (Å²) in [5.74, 6) is -0.925. The number of ketones is 1. The van der Waals surface area contributed by atoms with E-state index in [-0.39, 0.29) is 11.3 Å². The van der Waals surface area contributed by atoms with Gasteiger partial charge in [-0.3, -0.25) is 9.59 Å². The molecule has 1 aromatic carbocycles. The summed E-state index contributed by atoms with van der Waals surface area (Å²) in [4.78, 5) is 22.5.